The Kier molecular flexibility index (Phi) is 2.39. The number of nitro benzene ring substituents is 1. The highest BCUT2D eigenvalue weighted by atomic mass is 35.5. The summed E-state index contributed by atoms with van der Waals surface area (Å²) >= 11 is 5.78. The second-order valence-corrected chi connectivity index (χ2v) is 3.64. The van der Waals surface area contributed by atoms with Gasteiger partial charge in [-0.2, -0.15) is 0 Å². The van der Waals surface area contributed by atoms with Crippen LogP contribution in [0.25, 0.3) is 0 Å². The summed E-state index contributed by atoms with van der Waals surface area (Å²) in [7, 11) is 0. The predicted molar refractivity (Wildman–Crippen MR) is 53.5 cm³/mol. The van der Waals surface area contributed by atoms with Gasteiger partial charge in [-0.25, -0.2) is 0 Å². The van der Waals surface area contributed by atoms with Gasteiger partial charge in [-0.15, -0.1) is 0 Å². The molecular weight excluding hydrogens is 204 g/mol. The molecule has 1 aromatic carbocycles. The summed E-state index contributed by atoms with van der Waals surface area (Å²) < 4.78 is 0. The van der Waals surface area contributed by atoms with Gasteiger partial charge in [-0.05, 0) is 19.0 Å². The third-order valence-corrected chi connectivity index (χ3v) is 2.70. The van der Waals surface area contributed by atoms with Gasteiger partial charge in [0.15, 0.2) is 0 Å². The summed E-state index contributed by atoms with van der Waals surface area (Å²) in [6, 6.07) is 5.13. The van der Waals surface area contributed by atoms with Gasteiger partial charge in [0.25, 0.3) is 5.69 Å². The van der Waals surface area contributed by atoms with Crippen molar-refractivity contribution in [1.82, 2.24) is 5.32 Å². The topological polar surface area (TPSA) is 55.2 Å². The summed E-state index contributed by atoms with van der Waals surface area (Å²) in [5.41, 5.74) is 0.722. The lowest BCUT2D eigenvalue weighted by Gasteiger charge is -2.27. The van der Waals surface area contributed by atoms with E-state index in [4.69, 9.17) is 11.6 Å². The highest BCUT2D eigenvalue weighted by molar-refractivity contribution is 6.32. The van der Waals surface area contributed by atoms with Crippen LogP contribution in [0, 0.1) is 10.1 Å². The Bertz CT molecular complexity index is 377. The zero-order chi connectivity index (χ0) is 10.1. The SMILES string of the molecule is O=[N+]([O-])c1c(Cl)cccc1C1CCN1. The van der Waals surface area contributed by atoms with Crippen LogP contribution in [-0.4, -0.2) is 11.5 Å². The van der Waals surface area contributed by atoms with Crippen LogP contribution in [0.2, 0.25) is 5.02 Å². The van der Waals surface area contributed by atoms with Gasteiger partial charge in [-0.1, -0.05) is 23.7 Å². The highest BCUT2D eigenvalue weighted by Crippen LogP contribution is 2.35. The van der Waals surface area contributed by atoms with Gasteiger partial charge in [0.05, 0.1) is 4.92 Å². The Morgan fingerprint density at radius 2 is 2.29 bits per heavy atom. The first-order chi connectivity index (χ1) is 6.70. The Morgan fingerprint density at radius 3 is 2.79 bits per heavy atom. The molecule has 0 bridgehead atoms. The monoisotopic (exact) mass is 212 g/mol. The third-order valence-electron chi connectivity index (χ3n) is 2.40. The molecule has 0 spiro atoms. The van der Waals surface area contributed by atoms with Gasteiger partial charge in [0.1, 0.15) is 5.02 Å². The molecule has 1 heterocycles. The van der Waals surface area contributed by atoms with Crippen LogP contribution < -0.4 is 5.32 Å². The number of nitro groups is 1. The fourth-order valence-corrected chi connectivity index (χ4v) is 1.81. The fraction of sp³-hybridized carbons (Fsp3) is 0.333. The first-order valence-electron chi connectivity index (χ1n) is 4.36. The summed E-state index contributed by atoms with van der Waals surface area (Å²) in [5.74, 6) is 0. The minimum Gasteiger partial charge on any atom is -0.310 e. The molecule has 0 radical (unpaired) electrons. The quantitative estimate of drug-likeness (QED) is 0.605. The number of rotatable bonds is 2. The van der Waals surface area contributed by atoms with E-state index in [-0.39, 0.29) is 16.8 Å². The molecule has 74 valence electrons. The van der Waals surface area contributed by atoms with E-state index in [1.807, 2.05) is 0 Å². The molecule has 0 saturated carbocycles. The van der Waals surface area contributed by atoms with Crippen molar-refractivity contribution < 1.29 is 4.92 Å². The molecule has 1 saturated heterocycles. The molecular formula is C9H9ClN2O2. The molecule has 1 aromatic rings. The standard InChI is InChI=1S/C9H9ClN2O2/c10-7-3-1-2-6(8-4-5-11-8)9(7)12(13)14/h1-3,8,11H,4-5H2. The summed E-state index contributed by atoms with van der Waals surface area (Å²) in [5, 5.41) is 14.1. The average Bonchev–Trinajstić information content (AvgIpc) is 1.99. The van der Waals surface area contributed by atoms with Gasteiger partial charge >= 0.3 is 0 Å². The van der Waals surface area contributed by atoms with Crippen molar-refractivity contribution in [2.45, 2.75) is 12.5 Å². The van der Waals surface area contributed by atoms with E-state index >= 15 is 0 Å². The largest absolute Gasteiger partial charge is 0.310 e. The molecule has 0 amide bonds. The number of hydrogen-bond donors (Lipinski definition) is 1. The number of benzene rings is 1. The maximum Gasteiger partial charge on any atom is 0.292 e. The van der Waals surface area contributed by atoms with E-state index < -0.39 is 4.92 Å². The lowest BCUT2D eigenvalue weighted by atomic mass is 9.96. The number of halogens is 1. The van der Waals surface area contributed by atoms with Crippen molar-refractivity contribution in [2.75, 3.05) is 6.54 Å². The van der Waals surface area contributed by atoms with Crippen molar-refractivity contribution in [2.24, 2.45) is 0 Å². The predicted octanol–water partition coefficient (Wildman–Crippen LogP) is 2.28. The van der Waals surface area contributed by atoms with Crippen LogP contribution in [0.5, 0.6) is 0 Å². The molecule has 1 N–H and O–H groups in total. The highest BCUT2D eigenvalue weighted by Gasteiger charge is 2.28. The maximum atomic E-state index is 10.8. The van der Waals surface area contributed by atoms with E-state index in [1.165, 1.54) is 0 Å². The van der Waals surface area contributed by atoms with Crippen LogP contribution in [-0.2, 0) is 0 Å². The summed E-state index contributed by atoms with van der Waals surface area (Å²) in [6.07, 6.45) is 0.932. The van der Waals surface area contributed by atoms with Crippen LogP contribution in [0.15, 0.2) is 18.2 Å². The van der Waals surface area contributed by atoms with Crippen molar-refractivity contribution >= 4 is 17.3 Å². The van der Waals surface area contributed by atoms with E-state index in [0.29, 0.717) is 5.56 Å². The number of nitrogens with zero attached hydrogens (tertiary/aromatic N) is 1. The minimum absolute atomic E-state index is 0.0337. The van der Waals surface area contributed by atoms with Crippen LogP contribution in [0.3, 0.4) is 0 Å². The Hall–Kier alpha value is -1.13. The lowest BCUT2D eigenvalue weighted by molar-refractivity contribution is -0.385. The van der Waals surface area contributed by atoms with Crippen LogP contribution >= 0.6 is 11.6 Å². The van der Waals surface area contributed by atoms with Gasteiger partial charge in [0.2, 0.25) is 0 Å². The summed E-state index contributed by atoms with van der Waals surface area (Å²) in [4.78, 5) is 10.4. The fourth-order valence-electron chi connectivity index (χ4n) is 1.56. The maximum absolute atomic E-state index is 10.8. The number of hydrogen-bond acceptors (Lipinski definition) is 3. The number of nitrogens with one attached hydrogen (secondary N) is 1. The number of para-hydroxylation sites is 1. The van der Waals surface area contributed by atoms with Gasteiger partial charge in [-0.3, -0.25) is 10.1 Å². The molecule has 1 fully saturated rings. The molecule has 4 nitrogen and oxygen atoms in total. The van der Waals surface area contributed by atoms with Crippen molar-refractivity contribution in [3.8, 4) is 0 Å². The van der Waals surface area contributed by atoms with Gasteiger partial charge < -0.3 is 5.32 Å². The molecule has 1 aliphatic rings. The van der Waals surface area contributed by atoms with Crippen LogP contribution in [0.1, 0.15) is 18.0 Å². The lowest BCUT2D eigenvalue weighted by Crippen LogP contribution is -2.35. The van der Waals surface area contributed by atoms with E-state index in [1.54, 1.807) is 18.2 Å². The Labute approximate surface area is 86.0 Å². The second-order valence-electron chi connectivity index (χ2n) is 3.23. The molecule has 1 unspecified atom stereocenters. The van der Waals surface area contributed by atoms with Crippen molar-refractivity contribution in [1.29, 1.82) is 0 Å². The zero-order valence-electron chi connectivity index (χ0n) is 7.37. The second kappa shape index (κ2) is 3.55. The van der Waals surface area contributed by atoms with Crippen LogP contribution in [0.4, 0.5) is 5.69 Å². The Morgan fingerprint density at radius 1 is 1.57 bits per heavy atom. The molecule has 14 heavy (non-hydrogen) atoms. The smallest absolute Gasteiger partial charge is 0.292 e. The van der Waals surface area contributed by atoms with E-state index in [9.17, 15) is 10.1 Å². The minimum atomic E-state index is -0.419. The van der Waals surface area contributed by atoms with Crippen molar-refractivity contribution in [3.05, 3.63) is 38.9 Å². The normalized spacial score (nSPS) is 20.2. The molecule has 1 atom stereocenters. The molecule has 0 aromatic heterocycles. The first kappa shape index (κ1) is 9.43. The summed E-state index contributed by atoms with van der Waals surface area (Å²) in [6.45, 7) is 0.911. The molecule has 1 aliphatic heterocycles. The first-order valence-corrected chi connectivity index (χ1v) is 4.74. The van der Waals surface area contributed by atoms with E-state index in [0.717, 1.165) is 13.0 Å². The zero-order valence-corrected chi connectivity index (χ0v) is 8.12. The molecule has 2 rings (SSSR count). The Balaban J connectivity index is 2.46. The molecule has 0 aliphatic carbocycles. The average molecular weight is 213 g/mol. The van der Waals surface area contributed by atoms with E-state index in [2.05, 4.69) is 5.32 Å². The third kappa shape index (κ3) is 1.47. The van der Waals surface area contributed by atoms with Gasteiger partial charge in [0, 0.05) is 11.6 Å². The van der Waals surface area contributed by atoms with Crippen molar-refractivity contribution in [3.63, 3.8) is 0 Å². The molecule has 5 heteroatoms.